The van der Waals surface area contributed by atoms with Crippen molar-refractivity contribution in [3.63, 3.8) is 0 Å². The van der Waals surface area contributed by atoms with E-state index in [1.807, 2.05) is 44.3 Å². The second-order valence-electron chi connectivity index (χ2n) is 6.10. The quantitative estimate of drug-likeness (QED) is 0.623. The van der Waals surface area contributed by atoms with Crippen molar-refractivity contribution >= 4 is 27.8 Å². The van der Waals surface area contributed by atoms with Crippen LogP contribution in [0, 0.1) is 0 Å². The lowest BCUT2D eigenvalue weighted by Crippen LogP contribution is -2.18. The van der Waals surface area contributed by atoms with E-state index in [0.717, 1.165) is 34.3 Å². The first-order valence-electron chi connectivity index (χ1n) is 8.29. The lowest BCUT2D eigenvalue weighted by Gasteiger charge is -2.19. The Morgan fingerprint density at radius 3 is 2.72 bits per heavy atom. The number of imidazole rings is 1. The Kier molecular flexibility index (Phi) is 3.72. The number of nitrogens with one attached hydrogen (secondary N) is 1. The normalized spacial score (nSPS) is 11.3. The van der Waals surface area contributed by atoms with Crippen LogP contribution in [0.5, 0.6) is 0 Å². The van der Waals surface area contributed by atoms with Crippen molar-refractivity contribution in [2.24, 2.45) is 0 Å². The number of aromatic nitrogens is 4. The van der Waals surface area contributed by atoms with E-state index in [1.165, 1.54) is 5.56 Å². The molecule has 2 aromatic heterocycles. The average molecular weight is 333 g/mol. The van der Waals surface area contributed by atoms with Gasteiger partial charge < -0.3 is 9.88 Å². The third-order valence-corrected chi connectivity index (χ3v) is 4.45. The molecule has 0 spiro atoms. The third-order valence-electron chi connectivity index (χ3n) is 4.45. The van der Waals surface area contributed by atoms with Gasteiger partial charge in [0, 0.05) is 25.5 Å². The molecule has 0 saturated heterocycles. The van der Waals surface area contributed by atoms with Gasteiger partial charge in [-0.15, -0.1) is 0 Å². The van der Waals surface area contributed by atoms with Crippen LogP contribution in [0.15, 0.2) is 53.6 Å². The predicted octanol–water partition coefficient (Wildman–Crippen LogP) is 2.93. The van der Waals surface area contributed by atoms with E-state index in [-0.39, 0.29) is 5.69 Å². The molecule has 0 atom stereocenters. The lowest BCUT2D eigenvalue weighted by molar-refractivity contribution is 0.753. The van der Waals surface area contributed by atoms with Gasteiger partial charge in [-0.2, -0.15) is 0 Å². The van der Waals surface area contributed by atoms with Gasteiger partial charge in [0.15, 0.2) is 0 Å². The summed E-state index contributed by atoms with van der Waals surface area (Å²) < 4.78 is 1.71. The van der Waals surface area contributed by atoms with Crippen LogP contribution in [0.3, 0.4) is 0 Å². The molecule has 0 bridgehead atoms. The minimum atomic E-state index is -0.0973. The highest BCUT2D eigenvalue weighted by molar-refractivity contribution is 5.98. The Balaban J connectivity index is 1.84. The molecule has 126 valence electrons. The van der Waals surface area contributed by atoms with Gasteiger partial charge in [0.2, 0.25) is 0 Å². The third kappa shape index (κ3) is 2.65. The van der Waals surface area contributed by atoms with E-state index in [9.17, 15) is 4.79 Å². The van der Waals surface area contributed by atoms with Gasteiger partial charge in [0.1, 0.15) is 12.1 Å². The Bertz CT molecular complexity index is 1100. The van der Waals surface area contributed by atoms with Crippen molar-refractivity contribution in [1.82, 2.24) is 19.5 Å². The smallest absolute Gasteiger partial charge is 0.326 e. The van der Waals surface area contributed by atoms with Crippen LogP contribution in [0.4, 0.5) is 5.82 Å². The van der Waals surface area contributed by atoms with Crippen molar-refractivity contribution in [1.29, 1.82) is 0 Å². The number of H-pyrrole nitrogens is 1. The number of hydrogen-bond acceptors (Lipinski definition) is 4. The van der Waals surface area contributed by atoms with Gasteiger partial charge in [-0.25, -0.2) is 14.8 Å². The molecule has 0 radical (unpaired) electrons. The van der Waals surface area contributed by atoms with E-state index in [4.69, 9.17) is 0 Å². The Morgan fingerprint density at radius 1 is 1.16 bits per heavy atom. The van der Waals surface area contributed by atoms with Crippen LogP contribution < -0.4 is 10.6 Å². The zero-order valence-electron chi connectivity index (χ0n) is 14.2. The number of nitrogens with zero attached hydrogens (tertiary/aromatic N) is 4. The van der Waals surface area contributed by atoms with E-state index in [0.29, 0.717) is 6.54 Å². The second kappa shape index (κ2) is 6.05. The number of aromatic amines is 1. The van der Waals surface area contributed by atoms with Crippen LogP contribution in [0.25, 0.3) is 21.9 Å². The maximum atomic E-state index is 12.1. The number of hydrogen-bond donors (Lipinski definition) is 1. The molecule has 4 rings (SSSR count). The second-order valence-corrected chi connectivity index (χ2v) is 6.10. The number of rotatable bonds is 4. The maximum absolute atomic E-state index is 12.1. The molecular formula is C19H19N5O. The van der Waals surface area contributed by atoms with E-state index in [1.54, 1.807) is 10.9 Å². The Hall–Kier alpha value is -3.15. The summed E-state index contributed by atoms with van der Waals surface area (Å²) in [5, 5.41) is 0.929. The number of benzene rings is 2. The Morgan fingerprint density at radius 2 is 1.96 bits per heavy atom. The van der Waals surface area contributed by atoms with Crippen molar-refractivity contribution in [2.45, 2.75) is 20.0 Å². The molecule has 2 heterocycles. The fourth-order valence-corrected chi connectivity index (χ4v) is 3.24. The van der Waals surface area contributed by atoms with Crippen molar-refractivity contribution in [2.75, 3.05) is 11.9 Å². The largest absolute Gasteiger partial charge is 0.355 e. The molecule has 0 fully saturated rings. The zero-order valence-corrected chi connectivity index (χ0v) is 14.2. The summed E-state index contributed by atoms with van der Waals surface area (Å²) in [5.41, 5.74) is 3.63. The topological polar surface area (TPSA) is 66.8 Å². The molecule has 4 aromatic rings. The molecule has 0 aliphatic heterocycles. The van der Waals surface area contributed by atoms with Gasteiger partial charge >= 0.3 is 5.69 Å². The first kappa shape index (κ1) is 15.4. The molecule has 0 amide bonds. The number of anilines is 1. The molecular weight excluding hydrogens is 314 g/mol. The van der Waals surface area contributed by atoms with Gasteiger partial charge in [-0.1, -0.05) is 30.3 Å². The minimum Gasteiger partial charge on any atom is -0.355 e. The summed E-state index contributed by atoms with van der Waals surface area (Å²) >= 11 is 0. The average Bonchev–Trinajstić information content (AvgIpc) is 2.94. The van der Waals surface area contributed by atoms with Gasteiger partial charge in [-0.3, -0.25) is 4.57 Å². The molecule has 0 saturated carbocycles. The van der Waals surface area contributed by atoms with Crippen LogP contribution in [-0.2, 0) is 13.1 Å². The number of fused-ring (bicyclic) bond motifs is 2. The zero-order chi connectivity index (χ0) is 17.4. The fraction of sp³-hybridized carbons (Fsp3) is 0.211. The van der Waals surface area contributed by atoms with E-state index < -0.39 is 0 Å². The number of aryl methyl sites for hydroxylation is 1. The first-order valence-corrected chi connectivity index (χ1v) is 8.29. The Labute approximate surface area is 144 Å². The highest BCUT2D eigenvalue weighted by Crippen LogP contribution is 2.27. The standard InChI is InChI=1S/C19H19N5O/c1-3-24-17-10-15-14(9-16(17)22-19(24)25)18(21-12-20-15)23(2)11-13-7-5-4-6-8-13/h4-10,12H,3,11H2,1-2H3,(H,22,25). The fourth-order valence-electron chi connectivity index (χ4n) is 3.24. The van der Waals surface area contributed by atoms with Gasteiger partial charge in [0.05, 0.1) is 16.6 Å². The molecule has 6 heteroatoms. The van der Waals surface area contributed by atoms with Crippen LogP contribution in [0.1, 0.15) is 12.5 Å². The summed E-state index contributed by atoms with van der Waals surface area (Å²) in [7, 11) is 2.01. The highest BCUT2D eigenvalue weighted by Gasteiger charge is 2.13. The van der Waals surface area contributed by atoms with Gasteiger partial charge in [0.25, 0.3) is 0 Å². The van der Waals surface area contributed by atoms with Crippen LogP contribution >= 0.6 is 0 Å². The summed E-state index contributed by atoms with van der Waals surface area (Å²) in [5.74, 6) is 0.848. The molecule has 25 heavy (non-hydrogen) atoms. The predicted molar refractivity (Wildman–Crippen MR) is 99.9 cm³/mol. The monoisotopic (exact) mass is 333 g/mol. The first-order chi connectivity index (χ1) is 12.2. The summed E-state index contributed by atoms with van der Waals surface area (Å²) in [4.78, 5) is 26.0. The minimum absolute atomic E-state index is 0.0973. The summed E-state index contributed by atoms with van der Waals surface area (Å²) in [6.07, 6.45) is 1.58. The van der Waals surface area contributed by atoms with E-state index in [2.05, 4.69) is 32.0 Å². The summed E-state index contributed by atoms with van der Waals surface area (Å²) in [6, 6.07) is 14.2. The maximum Gasteiger partial charge on any atom is 0.326 e. The van der Waals surface area contributed by atoms with Crippen molar-refractivity contribution < 1.29 is 0 Å². The van der Waals surface area contributed by atoms with Crippen LogP contribution in [0.2, 0.25) is 0 Å². The molecule has 6 nitrogen and oxygen atoms in total. The molecule has 1 N–H and O–H groups in total. The molecule has 0 unspecified atom stereocenters. The molecule has 0 aliphatic carbocycles. The lowest BCUT2D eigenvalue weighted by atomic mass is 10.1. The molecule has 0 aliphatic rings. The van der Waals surface area contributed by atoms with Gasteiger partial charge in [-0.05, 0) is 24.6 Å². The highest BCUT2D eigenvalue weighted by atomic mass is 16.1. The van der Waals surface area contributed by atoms with E-state index >= 15 is 0 Å². The van der Waals surface area contributed by atoms with Crippen molar-refractivity contribution in [3.05, 3.63) is 64.8 Å². The molecule has 2 aromatic carbocycles. The van der Waals surface area contributed by atoms with Crippen LogP contribution in [-0.4, -0.2) is 26.6 Å². The SMILES string of the molecule is CCn1c(=O)[nH]c2cc3c(N(C)Cc4ccccc4)ncnc3cc21. The summed E-state index contributed by atoms with van der Waals surface area (Å²) in [6.45, 7) is 3.32. The van der Waals surface area contributed by atoms with Crippen molar-refractivity contribution in [3.8, 4) is 0 Å².